The lowest BCUT2D eigenvalue weighted by atomic mass is 10.1. The largest absolute Gasteiger partial charge is 0.353 e. The highest BCUT2D eigenvalue weighted by Gasteiger charge is 2.11. The average molecular weight is 254 g/mol. The molecule has 0 saturated carbocycles. The monoisotopic (exact) mass is 254 g/mol. The van der Waals surface area contributed by atoms with Crippen molar-refractivity contribution < 1.29 is 4.79 Å². The average Bonchev–Trinajstić information content (AvgIpc) is 2.69. The molecule has 1 rings (SSSR count). The molecule has 1 aromatic heterocycles. The summed E-state index contributed by atoms with van der Waals surface area (Å²) in [5, 5.41) is 10.5. The van der Waals surface area contributed by atoms with E-state index in [0.29, 0.717) is 6.42 Å². The number of hydrogen-bond donors (Lipinski definition) is 2. The summed E-state index contributed by atoms with van der Waals surface area (Å²) >= 11 is 1.70. The molecule has 2 N–H and O–H groups in total. The van der Waals surface area contributed by atoms with Crippen molar-refractivity contribution in [3.8, 4) is 0 Å². The van der Waals surface area contributed by atoms with Gasteiger partial charge < -0.3 is 10.6 Å². The number of amides is 1. The zero-order chi connectivity index (χ0) is 12.7. The molecule has 17 heavy (non-hydrogen) atoms. The van der Waals surface area contributed by atoms with Crippen LogP contribution >= 0.6 is 11.3 Å². The fraction of sp³-hybridized carbons (Fsp3) is 0.615. The molecular weight excluding hydrogens is 232 g/mol. The second kappa shape index (κ2) is 7.45. The highest BCUT2D eigenvalue weighted by molar-refractivity contribution is 7.07. The molecule has 0 aliphatic rings. The Morgan fingerprint density at radius 3 is 2.76 bits per heavy atom. The number of carbonyl (C=O) groups excluding carboxylic acids is 1. The van der Waals surface area contributed by atoms with Gasteiger partial charge in [-0.3, -0.25) is 4.79 Å². The topological polar surface area (TPSA) is 41.1 Å². The molecule has 96 valence electrons. The molecule has 0 spiro atoms. The number of thiophene rings is 1. The molecule has 4 heteroatoms. The van der Waals surface area contributed by atoms with Gasteiger partial charge in [0.15, 0.2) is 0 Å². The van der Waals surface area contributed by atoms with E-state index in [2.05, 4.69) is 27.5 Å². The number of carbonyl (C=O) groups is 1. The van der Waals surface area contributed by atoms with Gasteiger partial charge in [-0.05, 0) is 49.2 Å². The van der Waals surface area contributed by atoms with Gasteiger partial charge in [0.2, 0.25) is 5.91 Å². The Morgan fingerprint density at radius 2 is 2.18 bits per heavy atom. The standard InChI is InChI=1S/C13H22N2OS/c1-4-14-10(2)8-13(16)15-11(3)7-12-5-6-17-9-12/h5-6,9-11,14H,4,7-8H2,1-3H3,(H,15,16). The third kappa shape index (κ3) is 5.84. The summed E-state index contributed by atoms with van der Waals surface area (Å²) in [6.45, 7) is 7.03. The van der Waals surface area contributed by atoms with E-state index in [-0.39, 0.29) is 18.0 Å². The molecule has 0 bridgehead atoms. The highest BCUT2D eigenvalue weighted by Crippen LogP contribution is 2.08. The van der Waals surface area contributed by atoms with Gasteiger partial charge in [0.25, 0.3) is 0 Å². The first kappa shape index (κ1) is 14.2. The van der Waals surface area contributed by atoms with Gasteiger partial charge in [-0.25, -0.2) is 0 Å². The van der Waals surface area contributed by atoms with E-state index in [9.17, 15) is 4.79 Å². The molecule has 1 aromatic rings. The first-order chi connectivity index (χ1) is 8.11. The van der Waals surface area contributed by atoms with Crippen LogP contribution < -0.4 is 10.6 Å². The van der Waals surface area contributed by atoms with Crippen LogP contribution in [0, 0.1) is 0 Å². The lowest BCUT2D eigenvalue weighted by Crippen LogP contribution is -2.38. The maximum absolute atomic E-state index is 11.7. The van der Waals surface area contributed by atoms with E-state index < -0.39 is 0 Å². The molecule has 2 atom stereocenters. The van der Waals surface area contributed by atoms with Crippen molar-refractivity contribution >= 4 is 17.2 Å². The van der Waals surface area contributed by atoms with Crippen molar-refractivity contribution in [2.24, 2.45) is 0 Å². The summed E-state index contributed by atoms with van der Waals surface area (Å²) in [7, 11) is 0. The van der Waals surface area contributed by atoms with Crippen molar-refractivity contribution in [1.29, 1.82) is 0 Å². The lowest BCUT2D eigenvalue weighted by molar-refractivity contribution is -0.122. The van der Waals surface area contributed by atoms with Gasteiger partial charge >= 0.3 is 0 Å². The molecule has 0 radical (unpaired) electrons. The third-order valence-electron chi connectivity index (χ3n) is 2.57. The van der Waals surface area contributed by atoms with Crippen LogP contribution in [0.1, 0.15) is 32.8 Å². The predicted octanol–water partition coefficient (Wildman–Crippen LogP) is 2.18. The van der Waals surface area contributed by atoms with Crippen LogP contribution in [0.3, 0.4) is 0 Å². The zero-order valence-electron chi connectivity index (χ0n) is 10.8. The molecule has 1 amide bonds. The normalized spacial score (nSPS) is 14.3. The Labute approximate surface area is 108 Å². The lowest BCUT2D eigenvalue weighted by Gasteiger charge is -2.16. The fourth-order valence-electron chi connectivity index (χ4n) is 1.85. The predicted molar refractivity (Wildman–Crippen MR) is 73.4 cm³/mol. The Balaban J connectivity index is 2.26. The second-order valence-corrected chi connectivity index (χ2v) is 5.25. The molecule has 0 saturated heterocycles. The van der Waals surface area contributed by atoms with Crippen LogP contribution in [0.25, 0.3) is 0 Å². The number of hydrogen-bond acceptors (Lipinski definition) is 3. The first-order valence-corrected chi connectivity index (χ1v) is 7.10. The van der Waals surface area contributed by atoms with Crippen LogP contribution in [0.15, 0.2) is 16.8 Å². The molecule has 2 unspecified atom stereocenters. The second-order valence-electron chi connectivity index (χ2n) is 4.47. The van der Waals surface area contributed by atoms with Gasteiger partial charge in [-0.15, -0.1) is 0 Å². The Kier molecular flexibility index (Phi) is 6.22. The fourth-order valence-corrected chi connectivity index (χ4v) is 2.53. The van der Waals surface area contributed by atoms with E-state index in [1.807, 2.05) is 20.8 Å². The highest BCUT2D eigenvalue weighted by atomic mass is 32.1. The van der Waals surface area contributed by atoms with Crippen LogP contribution in [-0.2, 0) is 11.2 Å². The van der Waals surface area contributed by atoms with Gasteiger partial charge in [0.05, 0.1) is 0 Å². The maximum atomic E-state index is 11.7. The summed E-state index contributed by atoms with van der Waals surface area (Å²) in [5.74, 6) is 0.126. The van der Waals surface area contributed by atoms with Gasteiger partial charge in [-0.1, -0.05) is 6.92 Å². The summed E-state index contributed by atoms with van der Waals surface area (Å²) in [4.78, 5) is 11.7. The molecule has 1 heterocycles. The van der Waals surface area contributed by atoms with Crippen LogP contribution in [-0.4, -0.2) is 24.5 Å². The summed E-state index contributed by atoms with van der Waals surface area (Å²) in [5.41, 5.74) is 1.29. The van der Waals surface area contributed by atoms with Crippen LogP contribution in [0.4, 0.5) is 0 Å². The Bertz CT molecular complexity index is 324. The van der Waals surface area contributed by atoms with Crippen molar-refractivity contribution in [3.05, 3.63) is 22.4 Å². The maximum Gasteiger partial charge on any atom is 0.221 e. The molecule has 0 aliphatic heterocycles. The molecule has 0 aromatic carbocycles. The quantitative estimate of drug-likeness (QED) is 0.783. The van der Waals surface area contributed by atoms with E-state index in [1.165, 1.54) is 5.56 Å². The minimum Gasteiger partial charge on any atom is -0.353 e. The summed E-state index contributed by atoms with van der Waals surface area (Å²) in [6, 6.07) is 2.55. The van der Waals surface area contributed by atoms with E-state index in [0.717, 1.165) is 13.0 Å². The third-order valence-corrected chi connectivity index (χ3v) is 3.31. The smallest absolute Gasteiger partial charge is 0.221 e. The minimum atomic E-state index is 0.126. The van der Waals surface area contributed by atoms with Gasteiger partial charge in [0.1, 0.15) is 0 Å². The van der Waals surface area contributed by atoms with E-state index in [4.69, 9.17) is 0 Å². The van der Waals surface area contributed by atoms with E-state index >= 15 is 0 Å². The van der Waals surface area contributed by atoms with Gasteiger partial charge in [-0.2, -0.15) is 11.3 Å². The van der Waals surface area contributed by atoms with Crippen LogP contribution in [0.5, 0.6) is 0 Å². The Morgan fingerprint density at radius 1 is 1.41 bits per heavy atom. The number of nitrogens with one attached hydrogen (secondary N) is 2. The first-order valence-electron chi connectivity index (χ1n) is 6.15. The Hall–Kier alpha value is -0.870. The summed E-state index contributed by atoms with van der Waals surface area (Å²) in [6.07, 6.45) is 1.45. The number of rotatable bonds is 7. The van der Waals surface area contributed by atoms with Gasteiger partial charge in [0, 0.05) is 18.5 Å². The molecule has 0 fully saturated rings. The van der Waals surface area contributed by atoms with Crippen molar-refractivity contribution in [3.63, 3.8) is 0 Å². The van der Waals surface area contributed by atoms with Crippen molar-refractivity contribution in [2.45, 2.75) is 45.7 Å². The van der Waals surface area contributed by atoms with Crippen molar-refractivity contribution in [1.82, 2.24) is 10.6 Å². The minimum absolute atomic E-state index is 0.126. The van der Waals surface area contributed by atoms with E-state index in [1.54, 1.807) is 11.3 Å². The van der Waals surface area contributed by atoms with Crippen LogP contribution in [0.2, 0.25) is 0 Å². The SMILES string of the molecule is CCNC(C)CC(=O)NC(C)Cc1ccsc1. The van der Waals surface area contributed by atoms with Crippen molar-refractivity contribution in [2.75, 3.05) is 6.54 Å². The zero-order valence-corrected chi connectivity index (χ0v) is 11.6. The summed E-state index contributed by atoms with van der Waals surface area (Å²) < 4.78 is 0. The molecule has 0 aliphatic carbocycles. The molecular formula is C13H22N2OS. The molecule has 3 nitrogen and oxygen atoms in total.